The maximum absolute atomic E-state index is 12.5. The van der Waals surface area contributed by atoms with Gasteiger partial charge < -0.3 is 4.90 Å². The van der Waals surface area contributed by atoms with Crippen LogP contribution in [0.15, 0.2) is 24.3 Å². The largest absolute Gasteiger partial charge is 0.340 e. The van der Waals surface area contributed by atoms with Crippen LogP contribution in [0.25, 0.3) is 0 Å². The van der Waals surface area contributed by atoms with Crippen molar-refractivity contribution < 1.29 is 4.79 Å². The van der Waals surface area contributed by atoms with Crippen LogP contribution in [0, 0.1) is 12.8 Å². The number of carbonyl (C=O) groups excluding carboxylic acids is 1. The van der Waals surface area contributed by atoms with E-state index in [0.29, 0.717) is 11.8 Å². The van der Waals surface area contributed by atoms with Crippen LogP contribution >= 0.6 is 0 Å². The topological polar surface area (TPSA) is 23.6 Å². The highest BCUT2D eigenvalue weighted by molar-refractivity contribution is 5.76. The Morgan fingerprint density at radius 1 is 1.00 bits per heavy atom. The molecule has 0 N–H and O–H groups in total. The van der Waals surface area contributed by atoms with Gasteiger partial charge in [0.15, 0.2) is 0 Å². The zero-order valence-electron chi connectivity index (χ0n) is 14.5. The quantitative estimate of drug-likeness (QED) is 0.847. The Kier molecular flexibility index (Phi) is 5.71. The first-order chi connectivity index (χ1) is 11.2. The van der Waals surface area contributed by atoms with Crippen LogP contribution < -0.4 is 0 Å². The first-order valence-electron chi connectivity index (χ1n) is 9.26. The Morgan fingerprint density at radius 3 is 2.30 bits per heavy atom. The summed E-state index contributed by atoms with van der Waals surface area (Å²) < 4.78 is 0. The van der Waals surface area contributed by atoms with Crippen molar-refractivity contribution in [3.63, 3.8) is 0 Å². The molecule has 1 aromatic carbocycles. The molecule has 1 aliphatic carbocycles. The third-order valence-corrected chi connectivity index (χ3v) is 5.44. The standard InChI is InChI=1S/C20H30N2O/c1-17-7-9-19(10-8-17)16-21-11-13-22(14-12-21)20(23)15-18-5-3-2-4-6-18/h7-10,18H,2-6,11-16H2,1H3. The Bertz CT molecular complexity index is 497. The molecule has 3 heteroatoms. The number of carbonyl (C=O) groups is 1. The number of hydrogen-bond donors (Lipinski definition) is 0. The Balaban J connectivity index is 1.42. The van der Waals surface area contributed by atoms with Gasteiger partial charge in [0, 0.05) is 39.1 Å². The molecule has 2 fully saturated rings. The van der Waals surface area contributed by atoms with E-state index in [9.17, 15) is 4.79 Å². The SMILES string of the molecule is Cc1ccc(CN2CCN(C(=O)CC3CCCCC3)CC2)cc1. The Labute approximate surface area is 140 Å². The maximum atomic E-state index is 12.5. The monoisotopic (exact) mass is 314 g/mol. The minimum Gasteiger partial charge on any atom is -0.340 e. The van der Waals surface area contributed by atoms with Crippen molar-refractivity contribution in [3.05, 3.63) is 35.4 Å². The van der Waals surface area contributed by atoms with Crippen LogP contribution in [-0.4, -0.2) is 41.9 Å². The second-order valence-electron chi connectivity index (χ2n) is 7.35. The van der Waals surface area contributed by atoms with Crippen LogP contribution in [0.2, 0.25) is 0 Å². The second kappa shape index (κ2) is 7.96. The van der Waals surface area contributed by atoms with Gasteiger partial charge >= 0.3 is 0 Å². The molecule has 0 bridgehead atoms. The summed E-state index contributed by atoms with van der Waals surface area (Å²) in [6.07, 6.45) is 7.32. The summed E-state index contributed by atoms with van der Waals surface area (Å²) in [4.78, 5) is 17.0. The summed E-state index contributed by atoms with van der Waals surface area (Å²) in [7, 11) is 0. The van der Waals surface area contributed by atoms with Gasteiger partial charge in [0.2, 0.25) is 5.91 Å². The van der Waals surface area contributed by atoms with E-state index in [1.807, 2.05) is 0 Å². The van der Waals surface area contributed by atoms with Crippen molar-refractivity contribution in [2.45, 2.75) is 52.0 Å². The minimum absolute atomic E-state index is 0.395. The molecule has 1 heterocycles. The smallest absolute Gasteiger partial charge is 0.222 e. The van der Waals surface area contributed by atoms with Gasteiger partial charge in [-0.05, 0) is 31.2 Å². The molecule has 0 aromatic heterocycles. The zero-order chi connectivity index (χ0) is 16.1. The molecule has 0 radical (unpaired) electrons. The fourth-order valence-electron chi connectivity index (χ4n) is 3.87. The van der Waals surface area contributed by atoms with Crippen LogP contribution in [0.4, 0.5) is 0 Å². The van der Waals surface area contributed by atoms with E-state index in [-0.39, 0.29) is 0 Å². The van der Waals surface area contributed by atoms with Crippen molar-refractivity contribution in [2.75, 3.05) is 26.2 Å². The lowest BCUT2D eigenvalue weighted by atomic mass is 9.86. The second-order valence-corrected chi connectivity index (χ2v) is 7.35. The lowest BCUT2D eigenvalue weighted by molar-refractivity contribution is -0.134. The third kappa shape index (κ3) is 4.81. The van der Waals surface area contributed by atoms with Crippen LogP contribution in [0.5, 0.6) is 0 Å². The average Bonchev–Trinajstić information content (AvgIpc) is 2.58. The molecule has 1 aromatic rings. The molecule has 3 nitrogen and oxygen atoms in total. The number of benzene rings is 1. The Morgan fingerprint density at radius 2 is 1.65 bits per heavy atom. The molecule has 23 heavy (non-hydrogen) atoms. The number of nitrogens with zero attached hydrogens (tertiary/aromatic N) is 2. The summed E-state index contributed by atoms with van der Waals surface area (Å²) in [6.45, 7) is 6.94. The summed E-state index contributed by atoms with van der Waals surface area (Å²) in [5.74, 6) is 1.05. The van der Waals surface area contributed by atoms with Crippen molar-refractivity contribution in [1.82, 2.24) is 9.80 Å². The summed E-state index contributed by atoms with van der Waals surface area (Å²) in [5.41, 5.74) is 2.68. The highest BCUT2D eigenvalue weighted by atomic mass is 16.2. The van der Waals surface area contributed by atoms with Gasteiger partial charge in [-0.1, -0.05) is 49.1 Å². The van der Waals surface area contributed by atoms with E-state index in [0.717, 1.165) is 39.1 Å². The molecule has 1 amide bonds. The van der Waals surface area contributed by atoms with E-state index in [1.165, 1.54) is 43.2 Å². The molecule has 1 saturated heterocycles. The number of aryl methyl sites for hydroxylation is 1. The lowest BCUT2D eigenvalue weighted by Gasteiger charge is -2.35. The van der Waals surface area contributed by atoms with E-state index < -0.39 is 0 Å². The first kappa shape index (κ1) is 16.5. The normalized spacial score (nSPS) is 20.7. The number of piperazine rings is 1. The highest BCUT2D eigenvalue weighted by Crippen LogP contribution is 2.27. The van der Waals surface area contributed by atoms with Gasteiger partial charge in [0.05, 0.1) is 0 Å². The van der Waals surface area contributed by atoms with Crippen molar-refractivity contribution in [2.24, 2.45) is 5.92 Å². The third-order valence-electron chi connectivity index (χ3n) is 5.44. The van der Waals surface area contributed by atoms with Gasteiger partial charge in [-0.3, -0.25) is 9.69 Å². The predicted molar refractivity (Wildman–Crippen MR) is 94.2 cm³/mol. The summed E-state index contributed by atoms with van der Waals surface area (Å²) in [5, 5.41) is 0. The number of hydrogen-bond acceptors (Lipinski definition) is 2. The fourth-order valence-corrected chi connectivity index (χ4v) is 3.87. The highest BCUT2D eigenvalue weighted by Gasteiger charge is 2.24. The summed E-state index contributed by atoms with van der Waals surface area (Å²) >= 11 is 0. The van der Waals surface area contributed by atoms with Gasteiger partial charge in [-0.25, -0.2) is 0 Å². The zero-order valence-corrected chi connectivity index (χ0v) is 14.5. The van der Waals surface area contributed by atoms with E-state index in [2.05, 4.69) is 41.0 Å². The molecular formula is C20H30N2O. The van der Waals surface area contributed by atoms with Crippen molar-refractivity contribution in [1.29, 1.82) is 0 Å². The maximum Gasteiger partial charge on any atom is 0.222 e. The van der Waals surface area contributed by atoms with E-state index in [1.54, 1.807) is 0 Å². The molecule has 0 unspecified atom stereocenters. The van der Waals surface area contributed by atoms with Crippen LogP contribution in [0.1, 0.15) is 49.7 Å². The van der Waals surface area contributed by atoms with Gasteiger partial charge in [-0.2, -0.15) is 0 Å². The predicted octanol–water partition coefficient (Wildman–Crippen LogP) is 3.61. The lowest BCUT2D eigenvalue weighted by Crippen LogP contribution is -2.48. The minimum atomic E-state index is 0.395. The first-order valence-corrected chi connectivity index (χ1v) is 9.26. The van der Waals surface area contributed by atoms with Gasteiger partial charge in [-0.15, -0.1) is 0 Å². The average molecular weight is 314 g/mol. The van der Waals surface area contributed by atoms with Gasteiger partial charge in [0.25, 0.3) is 0 Å². The molecule has 1 aliphatic heterocycles. The molecule has 3 rings (SSSR count). The van der Waals surface area contributed by atoms with Crippen molar-refractivity contribution >= 4 is 5.91 Å². The molecule has 0 atom stereocenters. The Hall–Kier alpha value is -1.35. The molecule has 126 valence electrons. The number of amides is 1. The molecule has 1 saturated carbocycles. The van der Waals surface area contributed by atoms with E-state index in [4.69, 9.17) is 0 Å². The molecule has 0 spiro atoms. The van der Waals surface area contributed by atoms with Crippen LogP contribution in [0.3, 0.4) is 0 Å². The molecular weight excluding hydrogens is 284 g/mol. The number of rotatable bonds is 4. The van der Waals surface area contributed by atoms with E-state index >= 15 is 0 Å². The fraction of sp³-hybridized carbons (Fsp3) is 0.650. The van der Waals surface area contributed by atoms with Gasteiger partial charge in [0.1, 0.15) is 0 Å². The molecule has 2 aliphatic rings. The van der Waals surface area contributed by atoms with Crippen LogP contribution in [-0.2, 0) is 11.3 Å². The van der Waals surface area contributed by atoms with Crippen molar-refractivity contribution in [3.8, 4) is 0 Å². The summed E-state index contributed by atoms with van der Waals surface area (Å²) in [6, 6.07) is 8.80.